The lowest BCUT2D eigenvalue weighted by Gasteiger charge is -2.08. The van der Waals surface area contributed by atoms with Gasteiger partial charge in [0.25, 0.3) is 0 Å². The van der Waals surface area contributed by atoms with Crippen molar-refractivity contribution >= 4 is 5.97 Å². The summed E-state index contributed by atoms with van der Waals surface area (Å²) in [5, 5.41) is 12.1. The van der Waals surface area contributed by atoms with Crippen LogP contribution in [0.1, 0.15) is 31.4 Å². The lowest BCUT2D eigenvalue weighted by Crippen LogP contribution is -2.15. The lowest BCUT2D eigenvalue weighted by atomic mass is 10.1. The number of hydrogen-bond donors (Lipinski definition) is 2. The molecule has 0 heterocycles. The van der Waals surface area contributed by atoms with Gasteiger partial charge in [0, 0.05) is 18.7 Å². The molecule has 0 bridgehead atoms. The molecule has 98 valence electrons. The normalized spacial score (nSPS) is 11.6. The van der Waals surface area contributed by atoms with Gasteiger partial charge in [-0.1, -0.05) is 44.2 Å². The third kappa shape index (κ3) is 4.34. The molecule has 0 radical (unpaired) electrons. The zero-order valence-electron chi connectivity index (χ0n) is 11.1. The summed E-state index contributed by atoms with van der Waals surface area (Å²) in [6.07, 6.45) is 3.32. The first-order valence-electron chi connectivity index (χ1n) is 6.38. The third-order valence-electron chi connectivity index (χ3n) is 2.96. The first-order valence-corrected chi connectivity index (χ1v) is 6.38. The Balaban J connectivity index is 2.49. The first kappa shape index (κ1) is 14.5. The standard InChI is InChI=1S/C15H21NO2/c1-3-12-7-5-6-8-14(12)11-16-10-9-13(4-2)15(17)18/h5-9,16H,3-4,10-11H2,1-2H3,(H,17,18)/b13-9-. The number of rotatable bonds is 7. The van der Waals surface area contributed by atoms with E-state index in [0.717, 1.165) is 13.0 Å². The number of carbonyl (C=O) groups is 1. The molecule has 1 aromatic carbocycles. The maximum Gasteiger partial charge on any atom is 0.331 e. The quantitative estimate of drug-likeness (QED) is 0.575. The second kappa shape index (κ2) is 7.67. The van der Waals surface area contributed by atoms with Crippen LogP contribution in [0, 0.1) is 0 Å². The highest BCUT2D eigenvalue weighted by Crippen LogP contribution is 2.08. The average Bonchev–Trinajstić information content (AvgIpc) is 2.38. The fourth-order valence-corrected chi connectivity index (χ4v) is 1.86. The van der Waals surface area contributed by atoms with Crippen LogP contribution >= 0.6 is 0 Å². The highest BCUT2D eigenvalue weighted by molar-refractivity contribution is 5.86. The fourth-order valence-electron chi connectivity index (χ4n) is 1.86. The Bertz CT molecular complexity index is 424. The van der Waals surface area contributed by atoms with Gasteiger partial charge in [-0.3, -0.25) is 0 Å². The molecular weight excluding hydrogens is 226 g/mol. The molecule has 0 saturated heterocycles. The Morgan fingerprint density at radius 3 is 2.50 bits per heavy atom. The number of carboxylic acid groups (broad SMARTS) is 1. The molecule has 0 atom stereocenters. The van der Waals surface area contributed by atoms with E-state index in [1.807, 2.05) is 19.1 Å². The number of aryl methyl sites for hydroxylation is 1. The van der Waals surface area contributed by atoms with Crippen LogP contribution in [-0.2, 0) is 17.8 Å². The van der Waals surface area contributed by atoms with E-state index in [9.17, 15) is 4.79 Å². The third-order valence-corrected chi connectivity index (χ3v) is 2.96. The van der Waals surface area contributed by atoms with Crippen LogP contribution in [0.15, 0.2) is 35.9 Å². The van der Waals surface area contributed by atoms with Gasteiger partial charge < -0.3 is 10.4 Å². The Kier molecular flexibility index (Phi) is 6.15. The SMILES string of the molecule is CC/C(=C/CNCc1ccccc1CC)C(=O)O. The van der Waals surface area contributed by atoms with E-state index in [-0.39, 0.29) is 0 Å². The molecule has 0 saturated carbocycles. The summed E-state index contributed by atoms with van der Waals surface area (Å²) in [6, 6.07) is 8.30. The van der Waals surface area contributed by atoms with Crippen LogP contribution in [0.25, 0.3) is 0 Å². The van der Waals surface area contributed by atoms with Crippen molar-refractivity contribution in [2.75, 3.05) is 6.54 Å². The zero-order chi connectivity index (χ0) is 13.4. The molecule has 2 N–H and O–H groups in total. The largest absolute Gasteiger partial charge is 0.478 e. The van der Waals surface area contributed by atoms with Crippen LogP contribution in [0.4, 0.5) is 0 Å². The van der Waals surface area contributed by atoms with Crippen molar-refractivity contribution in [2.45, 2.75) is 33.2 Å². The molecule has 1 rings (SSSR count). The molecule has 0 aliphatic heterocycles. The molecule has 18 heavy (non-hydrogen) atoms. The van der Waals surface area contributed by atoms with Gasteiger partial charge in [0.15, 0.2) is 0 Å². The minimum absolute atomic E-state index is 0.464. The van der Waals surface area contributed by atoms with Crippen LogP contribution in [0.2, 0.25) is 0 Å². The van der Waals surface area contributed by atoms with E-state index in [1.54, 1.807) is 6.08 Å². The average molecular weight is 247 g/mol. The van der Waals surface area contributed by atoms with Gasteiger partial charge in [-0.2, -0.15) is 0 Å². The minimum Gasteiger partial charge on any atom is -0.478 e. The fraction of sp³-hybridized carbons (Fsp3) is 0.400. The highest BCUT2D eigenvalue weighted by atomic mass is 16.4. The van der Waals surface area contributed by atoms with Crippen molar-refractivity contribution in [3.8, 4) is 0 Å². The number of aliphatic carboxylic acids is 1. The first-order chi connectivity index (χ1) is 8.69. The Hall–Kier alpha value is -1.61. The van der Waals surface area contributed by atoms with E-state index in [1.165, 1.54) is 11.1 Å². The van der Waals surface area contributed by atoms with Gasteiger partial charge >= 0.3 is 5.97 Å². The smallest absolute Gasteiger partial charge is 0.331 e. The lowest BCUT2D eigenvalue weighted by molar-refractivity contribution is -0.132. The number of hydrogen-bond acceptors (Lipinski definition) is 2. The van der Waals surface area contributed by atoms with Crippen molar-refractivity contribution < 1.29 is 9.90 Å². The number of carboxylic acids is 1. The van der Waals surface area contributed by atoms with E-state index >= 15 is 0 Å². The molecule has 0 aromatic heterocycles. The predicted octanol–water partition coefficient (Wildman–Crippen LogP) is 2.76. The molecule has 3 heteroatoms. The van der Waals surface area contributed by atoms with E-state index in [4.69, 9.17) is 5.11 Å². The van der Waals surface area contributed by atoms with Gasteiger partial charge in [0.05, 0.1) is 0 Å². The van der Waals surface area contributed by atoms with Crippen molar-refractivity contribution in [3.63, 3.8) is 0 Å². The minimum atomic E-state index is -0.826. The molecule has 0 unspecified atom stereocenters. The van der Waals surface area contributed by atoms with Gasteiger partial charge in [-0.15, -0.1) is 0 Å². The second-order valence-corrected chi connectivity index (χ2v) is 4.14. The highest BCUT2D eigenvalue weighted by Gasteiger charge is 2.03. The maximum atomic E-state index is 10.8. The maximum absolute atomic E-state index is 10.8. The summed E-state index contributed by atoms with van der Waals surface area (Å²) in [4.78, 5) is 10.8. The summed E-state index contributed by atoms with van der Waals surface area (Å²) in [6.45, 7) is 5.36. The van der Waals surface area contributed by atoms with Gasteiger partial charge in [-0.25, -0.2) is 4.79 Å². The van der Waals surface area contributed by atoms with E-state index < -0.39 is 5.97 Å². The molecular formula is C15H21NO2. The summed E-state index contributed by atoms with van der Waals surface area (Å²) < 4.78 is 0. The van der Waals surface area contributed by atoms with Crippen molar-refractivity contribution in [3.05, 3.63) is 47.0 Å². The molecule has 0 fully saturated rings. The Morgan fingerprint density at radius 1 is 1.28 bits per heavy atom. The molecule has 0 aliphatic rings. The summed E-state index contributed by atoms with van der Waals surface area (Å²) >= 11 is 0. The Labute approximate surface area is 109 Å². The zero-order valence-corrected chi connectivity index (χ0v) is 11.1. The number of benzene rings is 1. The van der Waals surface area contributed by atoms with Crippen molar-refractivity contribution in [1.29, 1.82) is 0 Å². The van der Waals surface area contributed by atoms with E-state index in [0.29, 0.717) is 18.5 Å². The van der Waals surface area contributed by atoms with Gasteiger partial charge in [-0.05, 0) is 24.0 Å². The Morgan fingerprint density at radius 2 is 1.94 bits per heavy atom. The molecule has 3 nitrogen and oxygen atoms in total. The van der Waals surface area contributed by atoms with Crippen LogP contribution in [-0.4, -0.2) is 17.6 Å². The van der Waals surface area contributed by atoms with E-state index in [2.05, 4.69) is 24.4 Å². The van der Waals surface area contributed by atoms with Gasteiger partial charge in [0.2, 0.25) is 0 Å². The summed E-state index contributed by atoms with van der Waals surface area (Å²) in [5.74, 6) is -0.826. The predicted molar refractivity (Wildman–Crippen MR) is 73.5 cm³/mol. The van der Waals surface area contributed by atoms with Crippen LogP contribution in [0.5, 0.6) is 0 Å². The van der Waals surface area contributed by atoms with Crippen molar-refractivity contribution in [1.82, 2.24) is 5.32 Å². The second-order valence-electron chi connectivity index (χ2n) is 4.14. The molecule has 0 amide bonds. The molecule has 0 spiro atoms. The topological polar surface area (TPSA) is 49.3 Å². The van der Waals surface area contributed by atoms with Crippen LogP contribution < -0.4 is 5.32 Å². The monoisotopic (exact) mass is 247 g/mol. The van der Waals surface area contributed by atoms with Crippen molar-refractivity contribution in [2.24, 2.45) is 0 Å². The molecule has 0 aliphatic carbocycles. The summed E-state index contributed by atoms with van der Waals surface area (Å²) in [7, 11) is 0. The van der Waals surface area contributed by atoms with Crippen LogP contribution in [0.3, 0.4) is 0 Å². The van der Waals surface area contributed by atoms with Gasteiger partial charge in [0.1, 0.15) is 0 Å². The molecule has 1 aromatic rings. The number of nitrogens with one attached hydrogen (secondary N) is 1. The summed E-state index contributed by atoms with van der Waals surface area (Å²) in [5.41, 5.74) is 3.08.